The lowest BCUT2D eigenvalue weighted by Gasteiger charge is -2.32. The van der Waals surface area contributed by atoms with Gasteiger partial charge in [0.15, 0.2) is 0 Å². The average Bonchev–Trinajstić information content (AvgIpc) is 2.45. The number of amides is 1. The largest absolute Gasteiger partial charge is 0.357 e. The van der Waals surface area contributed by atoms with Crippen LogP contribution in [-0.4, -0.2) is 30.5 Å². The number of rotatable bonds is 3. The van der Waals surface area contributed by atoms with Gasteiger partial charge in [0.25, 0.3) is 0 Å². The second kappa shape index (κ2) is 6.19. The first-order valence-corrected chi connectivity index (χ1v) is 6.54. The van der Waals surface area contributed by atoms with E-state index in [0.29, 0.717) is 11.5 Å². The first kappa shape index (κ1) is 13.3. The summed E-state index contributed by atoms with van der Waals surface area (Å²) >= 11 is 0. The van der Waals surface area contributed by atoms with Crippen molar-refractivity contribution in [3.05, 3.63) is 23.9 Å². The summed E-state index contributed by atoms with van der Waals surface area (Å²) in [5, 5.41) is 11.8. The number of hydrogen-bond donors (Lipinski definition) is 1. The average molecular weight is 258 g/mol. The molecule has 1 fully saturated rings. The van der Waals surface area contributed by atoms with Crippen LogP contribution in [0, 0.1) is 17.2 Å². The minimum absolute atomic E-state index is 0.0332. The highest BCUT2D eigenvalue weighted by atomic mass is 16.1. The quantitative estimate of drug-likeness (QED) is 0.887. The molecule has 0 saturated carbocycles. The van der Waals surface area contributed by atoms with Crippen LogP contribution in [0.5, 0.6) is 0 Å². The zero-order valence-electron chi connectivity index (χ0n) is 11.1. The molecule has 2 heterocycles. The molecule has 0 radical (unpaired) electrons. The number of piperidine rings is 1. The molecule has 1 N–H and O–H groups in total. The molecular weight excluding hydrogens is 240 g/mol. The third-order valence-electron chi connectivity index (χ3n) is 3.45. The Morgan fingerprint density at radius 1 is 1.58 bits per heavy atom. The molecule has 0 aromatic carbocycles. The van der Waals surface area contributed by atoms with Gasteiger partial charge in [-0.05, 0) is 30.9 Å². The zero-order chi connectivity index (χ0) is 13.7. The molecule has 19 heavy (non-hydrogen) atoms. The summed E-state index contributed by atoms with van der Waals surface area (Å²) in [6.45, 7) is 4.15. The van der Waals surface area contributed by atoms with E-state index in [2.05, 4.69) is 21.3 Å². The lowest BCUT2D eigenvalue weighted by atomic mass is 9.96. The topological polar surface area (TPSA) is 69.0 Å². The Kier molecular flexibility index (Phi) is 4.35. The first-order chi connectivity index (χ1) is 9.19. The van der Waals surface area contributed by atoms with Crippen molar-refractivity contribution in [3.63, 3.8) is 0 Å². The van der Waals surface area contributed by atoms with Gasteiger partial charge < -0.3 is 10.2 Å². The number of nitriles is 1. The molecule has 0 atom stereocenters. The van der Waals surface area contributed by atoms with Gasteiger partial charge >= 0.3 is 0 Å². The van der Waals surface area contributed by atoms with Crippen molar-refractivity contribution in [1.82, 2.24) is 10.3 Å². The molecule has 0 aliphatic carbocycles. The smallest absolute Gasteiger partial charge is 0.216 e. The van der Waals surface area contributed by atoms with Crippen molar-refractivity contribution in [1.29, 1.82) is 5.26 Å². The summed E-state index contributed by atoms with van der Waals surface area (Å²) in [7, 11) is 0. The molecule has 1 aliphatic heterocycles. The maximum absolute atomic E-state index is 10.9. The van der Waals surface area contributed by atoms with E-state index in [1.165, 1.54) is 0 Å². The molecule has 1 saturated heterocycles. The van der Waals surface area contributed by atoms with Gasteiger partial charge in [0.05, 0.1) is 11.6 Å². The highest BCUT2D eigenvalue weighted by molar-refractivity contribution is 5.72. The van der Waals surface area contributed by atoms with Crippen LogP contribution < -0.4 is 10.2 Å². The van der Waals surface area contributed by atoms with E-state index in [1.54, 1.807) is 19.2 Å². The summed E-state index contributed by atoms with van der Waals surface area (Å²) in [6.07, 6.45) is 3.76. The molecule has 1 aliphatic rings. The normalized spacial score (nSPS) is 15.9. The Hall–Kier alpha value is -2.09. The number of nitrogens with zero attached hydrogens (tertiary/aromatic N) is 3. The van der Waals surface area contributed by atoms with Crippen LogP contribution in [0.3, 0.4) is 0 Å². The highest BCUT2D eigenvalue weighted by Gasteiger charge is 2.20. The number of aromatic nitrogens is 1. The Bertz CT molecular complexity index is 486. The number of pyridine rings is 1. The van der Waals surface area contributed by atoms with Crippen molar-refractivity contribution in [3.8, 4) is 6.07 Å². The number of carbonyl (C=O) groups is 1. The number of carbonyl (C=O) groups excluding carboxylic acids is 1. The van der Waals surface area contributed by atoms with E-state index in [0.717, 1.165) is 38.3 Å². The fourth-order valence-electron chi connectivity index (χ4n) is 2.32. The number of hydrogen-bond acceptors (Lipinski definition) is 4. The minimum atomic E-state index is 0.0332. The lowest BCUT2D eigenvalue weighted by Crippen LogP contribution is -2.38. The van der Waals surface area contributed by atoms with Crippen molar-refractivity contribution in [2.24, 2.45) is 5.92 Å². The predicted octanol–water partition coefficient (Wildman–Crippen LogP) is 1.31. The van der Waals surface area contributed by atoms with Crippen LogP contribution in [0.2, 0.25) is 0 Å². The molecule has 5 heteroatoms. The molecule has 1 aromatic heterocycles. The van der Waals surface area contributed by atoms with Gasteiger partial charge in [0, 0.05) is 32.8 Å². The molecule has 1 amide bonds. The Labute approximate surface area is 113 Å². The molecule has 5 nitrogen and oxygen atoms in total. The van der Waals surface area contributed by atoms with Crippen molar-refractivity contribution < 1.29 is 4.79 Å². The summed E-state index contributed by atoms with van der Waals surface area (Å²) in [5.74, 6) is 1.45. The molecule has 1 aromatic rings. The van der Waals surface area contributed by atoms with Gasteiger partial charge in [-0.3, -0.25) is 4.79 Å². The van der Waals surface area contributed by atoms with Crippen molar-refractivity contribution in [2.75, 3.05) is 24.5 Å². The van der Waals surface area contributed by atoms with Crippen LogP contribution in [0.1, 0.15) is 25.3 Å². The van der Waals surface area contributed by atoms with Gasteiger partial charge in [-0.1, -0.05) is 0 Å². The second-order valence-electron chi connectivity index (χ2n) is 4.88. The lowest BCUT2D eigenvalue weighted by molar-refractivity contribution is -0.119. The summed E-state index contributed by atoms with van der Waals surface area (Å²) in [6, 6.07) is 5.68. The fraction of sp³-hybridized carbons (Fsp3) is 0.500. The third kappa shape index (κ3) is 3.68. The van der Waals surface area contributed by atoms with Crippen LogP contribution in [-0.2, 0) is 4.79 Å². The van der Waals surface area contributed by atoms with E-state index in [-0.39, 0.29) is 5.91 Å². The highest BCUT2D eigenvalue weighted by Crippen LogP contribution is 2.21. The Balaban J connectivity index is 1.89. The van der Waals surface area contributed by atoms with Gasteiger partial charge in [0.2, 0.25) is 5.91 Å². The number of anilines is 1. The van der Waals surface area contributed by atoms with Gasteiger partial charge in [0.1, 0.15) is 5.82 Å². The summed E-state index contributed by atoms with van der Waals surface area (Å²) < 4.78 is 0. The Morgan fingerprint density at radius 2 is 2.32 bits per heavy atom. The molecular formula is C14H18N4O. The van der Waals surface area contributed by atoms with Gasteiger partial charge in [-0.15, -0.1) is 0 Å². The second-order valence-corrected chi connectivity index (χ2v) is 4.88. The van der Waals surface area contributed by atoms with Crippen LogP contribution in [0.25, 0.3) is 0 Å². The van der Waals surface area contributed by atoms with Crippen LogP contribution in [0.15, 0.2) is 18.3 Å². The van der Waals surface area contributed by atoms with Gasteiger partial charge in [-0.2, -0.15) is 5.26 Å². The van der Waals surface area contributed by atoms with Crippen molar-refractivity contribution in [2.45, 2.75) is 19.8 Å². The SMILES string of the molecule is CC(=O)NCC1CCN(c2cc(C#N)ccn2)CC1. The Morgan fingerprint density at radius 3 is 2.95 bits per heavy atom. The van der Waals surface area contributed by atoms with Crippen molar-refractivity contribution >= 4 is 11.7 Å². The molecule has 100 valence electrons. The van der Waals surface area contributed by atoms with Gasteiger partial charge in [-0.25, -0.2) is 4.98 Å². The maximum Gasteiger partial charge on any atom is 0.216 e. The predicted molar refractivity (Wildman–Crippen MR) is 72.6 cm³/mol. The standard InChI is InChI=1S/C14H18N4O/c1-11(19)17-10-12-3-6-18(7-4-12)14-8-13(9-15)2-5-16-14/h2,5,8,12H,3-4,6-7,10H2,1H3,(H,17,19). The maximum atomic E-state index is 10.9. The third-order valence-corrected chi connectivity index (χ3v) is 3.45. The van der Waals surface area contributed by atoms with E-state index < -0.39 is 0 Å². The van der Waals surface area contributed by atoms with Crippen LogP contribution >= 0.6 is 0 Å². The zero-order valence-corrected chi connectivity index (χ0v) is 11.1. The minimum Gasteiger partial charge on any atom is -0.357 e. The number of nitrogens with one attached hydrogen (secondary N) is 1. The molecule has 0 spiro atoms. The van der Waals surface area contributed by atoms with E-state index in [9.17, 15) is 4.79 Å². The van der Waals surface area contributed by atoms with E-state index in [4.69, 9.17) is 5.26 Å². The fourth-order valence-corrected chi connectivity index (χ4v) is 2.32. The van der Waals surface area contributed by atoms with Crippen LogP contribution in [0.4, 0.5) is 5.82 Å². The molecule has 2 rings (SSSR count). The summed E-state index contributed by atoms with van der Waals surface area (Å²) in [5.41, 5.74) is 0.644. The van der Waals surface area contributed by atoms with E-state index >= 15 is 0 Å². The summed E-state index contributed by atoms with van der Waals surface area (Å²) in [4.78, 5) is 17.4. The monoisotopic (exact) mass is 258 g/mol. The molecule has 0 unspecified atom stereocenters. The first-order valence-electron chi connectivity index (χ1n) is 6.54. The molecule has 0 bridgehead atoms. The van der Waals surface area contributed by atoms with E-state index in [1.807, 2.05) is 6.07 Å².